The van der Waals surface area contributed by atoms with E-state index in [0.717, 1.165) is 19.4 Å². The molecule has 2 N–H and O–H groups in total. The van der Waals surface area contributed by atoms with Crippen LogP contribution in [-0.2, 0) is 9.53 Å². The predicted molar refractivity (Wildman–Crippen MR) is 105 cm³/mol. The van der Waals surface area contributed by atoms with E-state index in [1.165, 1.54) is 7.11 Å². The molecule has 2 aromatic carbocycles. The van der Waals surface area contributed by atoms with Gasteiger partial charge in [-0.1, -0.05) is 18.2 Å². The highest BCUT2D eigenvalue weighted by molar-refractivity contribution is 5.97. The zero-order valence-corrected chi connectivity index (χ0v) is 15.8. The summed E-state index contributed by atoms with van der Waals surface area (Å²) in [5.41, 5.74) is 1.000. The van der Waals surface area contributed by atoms with Gasteiger partial charge in [-0.2, -0.15) is 0 Å². The first-order chi connectivity index (χ1) is 13.7. The number of carbonyl (C=O) groups excluding carboxylic acids is 2. The van der Waals surface area contributed by atoms with E-state index in [-0.39, 0.29) is 24.5 Å². The van der Waals surface area contributed by atoms with Gasteiger partial charge in [-0.25, -0.2) is 0 Å². The Hall–Kier alpha value is -3.06. The number of hydrogen-bond donors (Lipinski definition) is 2. The molecule has 28 heavy (non-hydrogen) atoms. The highest BCUT2D eigenvalue weighted by Crippen LogP contribution is 2.25. The van der Waals surface area contributed by atoms with Crippen LogP contribution < -0.4 is 20.1 Å². The Labute approximate surface area is 164 Å². The summed E-state index contributed by atoms with van der Waals surface area (Å²) in [7, 11) is 1.54. The Kier molecular flexibility index (Phi) is 6.86. The number of methoxy groups -OCH3 is 1. The second-order valence-corrected chi connectivity index (χ2v) is 6.41. The summed E-state index contributed by atoms with van der Waals surface area (Å²) in [5.74, 6) is 0.516. The first kappa shape index (κ1) is 19.7. The normalized spacial score (nSPS) is 15.7. The van der Waals surface area contributed by atoms with Crippen molar-refractivity contribution in [2.75, 3.05) is 32.2 Å². The van der Waals surface area contributed by atoms with Gasteiger partial charge in [-0.15, -0.1) is 0 Å². The molecule has 3 rings (SSSR count). The van der Waals surface area contributed by atoms with Crippen molar-refractivity contribution in [2.24, 2.45) is 0 Å². The number of hydrogen-bond acceptors (Lipinski definition) is 5. The third-order valence-corrected chi connectivity index (χ3v) is 4.35. The fraction of sp³-hybridized carbons (Fsp3) is 0.333. The third kappa shape index (κ3) is 5.47. The maximum Gasteiger partial charge on any atom is 0.262 e. The molecule has 0 bridgehead atoms. The van der Waals surface area contributed by atoms with E-state index in [1.54, 1.807) is 42.5 Å². The maximum absolute atomic E-state index is 12.3. The molecular weight excluding hydrogens is 360 g/mol. The lowest BCUT2D eigenvalue weighted by Crippen LogP contribution is -2.31. The highest BCUT2D eigenvalue weighted by atomic mass is 16.5. The van der Waals surface area contributed by atoms with Gasteiger partial charge in [0, 0.05) is 24.4 Å². The van der Waals surface area contributed by atoms with Crippen LogP contribution in [0.2, 0.25) is 0 Å². The fourth-order valence-corrected chi connectivity index (χ4v) is 2.93. The first-order valence-corrected chi connectivity index (χ1v) is 9.21. The lowest BCUT2D eigenvalue weighted by Gasteiger charge is -2.12. The molecule has 0 saturated carbocycles. The van der Waals surface area contributed by atoms with Crippen LogP contribution in [0, 0.1) is 0 Å². The number of para-hydroxylation sites is 2. The van der Waals surface area contributed by atoms with E-state index in [0.29, 0.717) is 29.3 Å². The fourth-order valence-electron chi connectivity index (χ4n) is 2.93. The molecule has 0 aliphatic carbocycles. The maximum atomic E-state index is 12.3. The van der Waals surface area contributed by atoms with Crippen molar-refractivity contribution in [3.05, 3.63) is 54.1 Å². The van der Waals surface area contributed by atoms with E-state index < -0.39 is 0 Å². The van der Waals surface area contributed by atoms with Crippen LogP contribution in [0.1, 0.15) is 23.2 Å². The highest BCUT2D eigenvalue weighted by Gasteiger charge is 2.17. The van der Waals surface area contributed by atoms with Gasteiger partial charge in [0.25, 0.3) is 11.8 Å². The van der Waals surface area contributed by atoms with Crippen molar-refractivity contribution >= 4 is 17.5 Å². The number of amides is 2. The summed E-state index contributed by atoms with van der Waals surface area (Å²) >= 11 is 0. The topological polar surface area (TPSA) is 85.9 Å². The van der Waals surface area contributed by atoms with Gasteiger partial charge >= 0.3 is 0 Å². The Morgan fingerprint density at radius 1 is 1.14 bits per heavy atom. The SMILES string of the molecule is COc1ccccc1OCC(=O)Nc1cccc(C(=O)NCC2CCCO2)c1. The van der Waals surface area contributed by atoms with E-state index in [2.05, 4.69) is 10.6 Å². The summed E-state index contributed by atoms with van der Waals surface area (Å²) in [4.78, 5) is 24.5. The van der Waals surface area contributed by atoms with Crippen LogP contribution in [-0.4, -0.2) is 44.8 Å². The Morgan fingerprint density at radius 3 is 2.71 bits per heavy atom. The molecule has 7 heteroatoms. The van der Waals surface area contributed by atoms with Crippen molar-refractivity contribution < 1.29 is 23.8 Å². The number of nitrogens with one attached hydrogen (secondary N) is 2. The van der Waals surface area contributed by atoms with Crippen LogP contribution in [0.3, 0.4) is 0 Å². The monoisotopic (exact) mass is 384 g/mol. The van der Waals surface area contributed by atoms with E-state index in [1.807, 2.05) is 6.07 Å². The molecule has 0 spiro atoms. The van der Waals surface area contributed by atoms with Crippen LogP contribution in [0.4, 0.5) is 5.69 Å². The lowest BCUT2D eigenvalue weighted by molar-refractivity contribution is -0.118. The lowest BCUT2D eigenvalue weighted by atomic mass is 10.1. The molecule has 2 aromatic rings. The second-order valence-electron chi connectivity index (χ2n) is 6.41. The van der Waals surface area contributed by atoms with E-state index in [4.69, 9.17) is 14.2 Å². The Balaban J connectivity index is 1.51. The zero-order valence-electron chi connectivity index (χ0n) is 15.8. The average molecular weight is 384 g/mol. The van der Waals surface area contributed by atoms with Gasteiger partial charge in [0.15, 0.2) is 18.1 Å². The van der Waals surface area contributed by atoms with Crippen LogP contribution in [0.15, 0.2) is 48.5 Å². The van der Waals surface area contributed by atoms with Gasteiger partial charge in [0.1, 0.15) is 0 Å². The van der Waals surface area contributed by atoms with Crippen molar-refractivity contribution in [3.8, 4) is 11.5 Å². The summed E-state index contributed by atoms with van der Waals surface area (Å²) < 4.78 is 16.2. The third-order valence-electron chi connectivity index (χ3n) is 4.35. The number of rotatable bonds is 8. The minimum Gasteiger partial charge on any atom is -0.493 e. The standard InChI is InChI=1S/C21H24N2O5/c1-26-18-9-2-3-10-19(18)28-14-20(24)23-16-7-4-6-15(12-16)21(25)22-13-17-8-5-11-27-17/h2-4,6-7,9-10,12,17H,5,8,11,13-14H2,1H3,(H,22,25)(H,23,24). The molecule has 1 saturated heterocycles. The Bertz CT molecular complexity index is 818. The number of benzene rings is 2. The van der Waals surface area contributed by atoms with Crippen LogP contribution >= 0.6 is 0 Å². The molecular formula is C21H24N2O5. The number of ether oxygens (including phenoxy) is 3. The quantitative estimate of drug-likeness (QED) is 0.731. The van der Waals surface area contributed by atoms with Crippen LogP contribution in [0.5, 0.6) is 11.5 Å². The summed E-state index contributed by atoms with van der Waals surface area (Å²) in [6, 6.07) is 13.9. The summed E-state index contributed by atoms with van der Waals surface area (Å²) in [5, 5.41) is 5.60. The van der Waals surface area contributed by atoms with Crippen LogP contribution in [0.25, 0.3) is 0 Å². The molecule has 0 radical (unpaired) electrons. The van der Waals surface area contributed by atoms with Crippen molar-refractivity contribution in [3.63, 3.8) is 0 Å². The molecule has 148 valence electrons. The average Bonchev–Trinajstić information content (AvgIpc) is 3.24. The van der Waals surface area contributed by atoms with Gasteiger partial charge < -0.3 is 24.8 Å². The zero-order chi connectivity index (χ0) is 19.8. The summed E-state index contributed by atoms with van der Waals surface area (Å²) in [6.07, 6.45) is 2.07. The molecule has 7 nitrogen and oxygen atoms in total. The number of carbonyl (C=O) groups is 2. The molecule has 2 amide bonds. The largest absolute Gasteiger partial charge is 0.493 e. The smallest absolute Gasteiger partial charge is 0.262 e. The van der Waals surface area contributed by atoms with E-state index in [9.17, 15) is 9.59 Å². The van der Waals surface area contributed by atoms with Gasteiger partial charge in [-0.3, -0.25) is 9.59 Å². The molecule has 1 heterocycles. The Morgan fingerprint density at radius 2 is 1.96 bits per heavy atom. The molecule has 1 fully saturated rings. The minimum atomic E-state index is -0.331. The van der Waals surface area contributed by atoms with E-state index >= 15 is 0 Å². The first-order valence-electron chi connectivity index (χ1n) is 9.21. The van der Waals surface area contributed by atoms with Crippen molar-refractivity contribution in [1.82, 2.24) is 5.32 Å². The summed E-state index contributed by atoms with van der Waals surface area (Å²) in [6.45, 7) is 1.07. The van der Waals surface area contributed by atoms with Gasteiger partial charge in [-0.05, 0) is 43.2 Å². The van der Waals surface area contributed by atoms with Crippen molar-refractivity contribution in [2.45, 2.75) is 18.9 Å². The molecule has 1 aliphatic heterocycles. The number of anilines is 1. The molecule has 1 unspecified atom stereocenters. The second kappa shape index (κ2) is 9.75. The van der Waals surface area contributed by atoms with Gasteiger partial charge in [0.2, 0.25) is 0 Å². The predicted octanol–water partition coefficient (Wildman–Crippen LogP) is 2.62. The molecule has 0 aromatic heterocycles. The van der Waals surface area contributed by atoms with Gasteiger partial charge in [0.05, 0.1) is 13.2 Å². The molecule has 1 atom stereocenters. The minimum absolute atomic E-state index is 0.0824. The molecule has 1 aliphatic rings. The van der Waals surface area contributed by atoms with Crippen molar-refractivity contribution in [1.29, 1.82) is 0 Å².